The molecule has 0 saturated heterocycles. The van der Waals surface area contributed by atoms with E-state index in [0.717, 1.165) is 11.0 Å². The van der Waals surface area contributed by atoms with Gasteiger partial charge in [-0.2, -0.15) is 0 Å². The fraction of sp³-hybridized carbons (Fsp3) is 0.462. The van der Waals surface area contributed by atoms with Crippen LogP contribution in [0.2, 0.25) is 0 Å². The number of aliphatic hydroxyl groups is 1. The van der Waals surface area contributed by atoms with Crippen molar-refractivity contribution in [3.05, 3.63) is 35.9 Å². The highest BCUT2D eigenvalue weighted by atomic mass is 35.5. The second-order valence-electron chi connectivity index (χ2n) is 4.98. The number of nitrogens with zero attached hydrogens (tertiary/aromatic N) is 1. The number of carboxylic acids is 1. The lowest BCUT2D eigenvalue weighted by atomic mass is 10.2. The van der Waals surface area contributed by atoms with E-state index in [2.05, 4.69) is 21.1 Å². The molecule has 18 heavy (non-hydrogen) atoms. The van der Waals surface area contributed by atoms with Crippen molar-refractivity contribution in [2.45, 2.75) is 13.0 Å². The minimum absolute atomic E-state index is 0. The second kappa shape index (κ2) is 8.91. The van der Waals surface area contributed by atoms with Crippen molar-refractivity contribution in [2.24, 2.45) is 0 Å². The summed E-state index contributed by atoms with van der Waals surface area (Å²) < 4.78 is 0.831. The number of aromatic carboxylic acids is 1. The summed E-state index contributed by atoms with van der Waals surface area (Å²) in [7, 11) is 6.19. The molecular formula is C13H21ClNO3-. The quantitative estimate of drug-likeness (QED) is 0.603. The number of aliphatic hydroxyl groups excluding tert-OH is 1. The lowest BCUT2D eigenvalue weighted by Crippen LogP contribution is -3.00. The van der Waals surface area contributed by atoms with E-state index < -0.39 is 5.97 Å². The van der Waals surface area contributed by atoms with Crippen molar-refractivity contribution < 1.29 is 31.9 Å². The van der Waals surface area contributed by atoms with E-state index in [9.17, 15) is 9.90 Å². The third-order valence-corrected chi connectivity index (χ3v) is 1.82. The molecule has 0 fully saturated rings. The molecule has 104 valence electrons. The predicted molar refractivity (Wildman–Crippen MR) is 65.4 cm³/mol. The van der Waals surface area contributed by atoms with E-state index in [1.165, 1.54) is 12.1 Å². The number of carboxylic acid groups (broad SMARTS) is 1. The van der Waals surface area contributed by atoms with Crippen molar-refractivity contribution in [1.29, 1.82) is 0 Å². The number of halogens is 1. The Morgan fingerprint density at radius 3 is 1.89 bits per heavy atom. The molecule has 0 aliphatic rings. The Morgan fingerprint density at radius 2 is 1.72 bits per heavy atom. The Bertz CT molecular complexity index is 334. The van der Waals surface area contributed by atoms with Crippen LogP contribution in [0.1, 0.15) is 17.3 Å². The SMILES string of the molecule is CC(O)C[N+](C)(C)C.O=C([O-])c1ccccc1.[Cl-]. The molecule has 0 radical (unpaired) electrons. The fourth-order valence-electron chi connectivity index (χ4n) is 1.37. The third kappa shape index (κ3) is 11.4. The topological polar surface area (TPSA) is 60.4 Å². The molecule has 1 aromatic carbocycles. The van der Waals surface area contributed by atoms with Gasteiger partial charge < -0.3 is 31.9 Å². The van der Waals surface area contributed by atoms with Crippen LogP contribution in [0.4, 0.5) is 0 Å². The van der Waals surface area contributed by atoms with Gasteiger partial charge in [0, 0.05) is 0 Å². The van der Waals surface area contributed by atoms with E-state index >= 15 is 0 Å². The van der Waals surface area contributed by atoms with Gasteiger partial charge in [0.1, 0.15) is 12.6 Å². The van der Waals surface area contributed by atoms with Gasteiger partial charge in [0.05, 0.1) is 27.1 Å². The highest BCUT2D eigenvalue weighted by Gasteiger charge is 2.09. The van der Waals surface area contributed by atoms with Crippen LogP contribution in [0.3, 0.4) is 0 Å². The summed E-state index contributed by atoms with van der Waals surface area (Å²) in [6.07, 6.45) is -0.185. The highest BCUT2D eigenvalue weighted by molar-refractivity contribution is 5.85. The standard InChI is InChI=1S/C7H6O2.C6H16NO.ClH/c8-7(9)6-4-2-1-3-5-6;1-6(8)5-7(2,3)4;/h1-5H,(H,8,9);6,8H,5H2,1-4H3;1H/q;+1;/p-2. The van der Waals surface area contributed by atoms with E-state index in [1.54, 1.807) is 18.2 Å². The molecule has 1 rings (SSSR count). The molecule has 0 spiro atoms. The number of quaternary nitrogens is 1. The molecule has 0 amide bonds. The zero-order valence-corrected chi connectivity index (χ0v) is 12.0. The van der Waals surface area contributed by atoms with Gasteiger partial charge in [-0.05, 0) is 12.5 Å². The smallest absolute Gasteiger partial charge is 0.104 e. The van der Waals surface area contributed by atoms with Crippen molar-refractivity contribution >= 4 is 5.97 Å². The van der Waals surface area contributed by atoms with E-state index in [-0.39, 0.29) is 24.1 Å². The summed E-state index contributed by atoms with van der Waals surface area (Å²) in [5, 5.41) is 19.0. The van der Waals surface area contributed by atoms with Gasteiger partial charge >= 0.3 is 0 Å². The molecule has 0 aliphatic carbocycles. The second-order valence-corrected chi connectivity index (χ2v) is 4.98. The predicted octanol–water partition coefficient (Wildman–Crippen LogP) is -2.87. The molecule has 1 atom stereocenters. The molecule has 1 aromatic rings. The molecule has 1 N–H and O–H groups in total. The van der Waals surface area contributed by atoms with Crippen LogP contribution in [0.15, 0.2) is 30.3 Å². The van der Waals surface area contributed by atoms with Crippen LogP contribution >= 0.6 is 0 Å². The van der Waals surface area contributed by atoms with Gasteiger partial charge in [-0.3, -0.25) is 0 Å². The van der Waals surface area contributed by atoms with E-state index in [1.807, 2.05) is 6.92 Å². The van der Waals surface area contributed by atoms with Gasteiger partial charge in [0.15, 0.2) is 0 Å². The first-order valence-electron chi connectivity index (χ1n) is 5.47. The van der Waals surface area contributed by atoms with Gasteiger partial charge in [-0.25, -0.2) is 0 Å². The summed E-state index contributed by atoms with van der Waals surface area (Å²) in [5.41, 5.74) is 0.220. The summed E-state index contributed by atoms with van der Waals surface area (Å²) in [4.78, 5) is 10.1. The van der Waals surface area contributed by atoms with Crippen molar-refractivity contribution in [3.8, 4) is 0 Å². The van der Waals surface area contributed by atoms with Crippen LogP contribution in [-0.4, -0.2) is 49.4 Å². The number of hydrogen-bond acceptors (Lipinski definition) is 3. The van der Waals surface area contributed by atoms with Crippen LogP contribution in [0, 0.1) is 0 Å². The van der Waals surface area contributed by atoms with E-state index in [4.69, 9.17) is 5.11 Å². The maximum atomic E-state index is 10.1. The van der Waals surface area contributed by atoms with Crippen molar-refractivity contribution in [1.82, 2.24) is 0 Å². The molecule has 1 unspecified atom stereocenters. The number of carbonyl (C=O) groups excluding carboxylic acids is 1. The highest BCUT2D eigenvalue weighted by Crippen LogP contribution is 1.94. The molecular weight excluding hydrogens is 254 g/mol. The largest absolute Gasteiger partial charge is 1.00 e. The lowest BCUT2D eigenvalue weighted by molar-refractivity contribution is -0.873. The van der Waals surface area contributed by atoms with Crippen LogP contribution < -0.4 is 17.5 Å². The Kier molecular flexibility index (Phi) is 9.53. The number of likely N-dealkylation sites (N-methyl/N-ethyl adjacent to an activating group) is 1. The molecule has 0 saturated carbocycles. The molecule has 0 bridgehead atoms. The number of rotatable bonds is 3. The van der Waals surface area contributed by atoms with Gasteiger partial charge in [0.2, 0.25) is 0 Å². The van der Waals surface area contributed by atoms with Gasteiger partial charge in [-0.1, -0.05) is 30.3 Å². The molecule has 0 aliphatic heterocycles. The average Bonchev–Trinajstić information content (AvgIpc) is 2.16. The molecule has 5 heteroatoms. The fourth-order valence-corrected chi connectivity index (χ4v) is 1.37. The van der Waals surface area contributed by atoms with Crippen LogP contribution in [0.5, 0.6) is 0 Å². The Labute approximate surface area is 115 Å². The molecule has 4 nitrogen and oxygen atoms in total. The average molecular weight is 275 g/mol. The number of carbonyl (C=O) groups is 1. The Balaban J connectivity index is 0. The number of benzene rings is 1. The first-order chi connectivity index (χ1) is 7.72. The minimum atomic E-state index is -1.13. The maximum absolute atomic E-state index is 10.1. The summed E-state index contributed by atoms with van der Waals surface area (Å²) in [6, 6.07) is 8.06. The normalized spacial score (nSPS) is 11.6. The molecule has 0 heterocycles. The van der Waals surface area contributed by atoms with E-state index in [0.29, 0.717) is 0 Å². The Morgan fingerprint density at radius 1 is 1.28 bits per heavy atom. The van der Waals surface area contributed by atoms with Crippen LogP contribution in [0.25, 0.3) is 0 Å². The summed E-state index contributed by atoms with van der Waals surface area (Å²) in [6.45, 7) is 2.63. The lowest BCUT2D eigenvalue weighted by Gasteiger charge is -2.24. The zero-order valence-electron chi connectivity index (χ0n) is 11.3. The minimum Gasteiger partial charge on any atom is -1.00 e. The summed E-state index contributed by atoms with van der Waals surface area (Å²) >= 11 is 0. The Hall–Kier alpha value is -1.10. The summed E-state index contributed by atoms with van der Waals surface area (Å²) in [5.74, 6) is -1.13. The third-order valence-electron chi connectivity index (χ3n) is 1.82. The zero-order chi connectivity index (χ0) is 13.5. The van der Waals surface area contributed by atoms with Crippen molar-refractivity contribution in [3.63, 3.8) is 0 Å². The van der Waals surface area contributed by atoms with Gasteiger partial charge in [0.25, 0.3) is 0 Å². The first kappa shape index (κ1) is 19.2. The van der Waals surface area contributed by atoms with Crippen LogP contribution in [-0.2, 0) is 0 Å². The first-order valence-corrected chi connectivity index (χ1v) is 5.47. The maximum Gasteiger partial charge on any atom is 0.104 e. The van der Waals surface area contributed by atoms with Crippen molar-refractivity contribution in [2.75, 3.05) is 27.7 Å². The number of hydrogen-bond donors (Lipinski definition) is 1. The van der Waals surface area contributed by atoms with Gasteiger partial charge in [-0.15, -0.1) is 0 Å². The molecule has 0 aromatic heterocycles. The monoisotopic (exact) mass is 274 g/mol.